The molecule has 1 aliphatic heterocycles. The smallest absolute Gasteiger partial charge is 0.184 e. The van der Waals surface area contributed by atoms with Crippen LogP contribution >= 0.6 is 11.8 Å². The third-order valence-corrected chi connectivity index (χ3v) is 8.57. The van der Waals surface area contributed by atoms with Gasteiger partial charge in [-0.15, -0.1) is 11.8 Å². The third kappa shape index (κ3) is 8.71. The zero-order valence-electron chi connectivity index (χ0n) is 20.4. The topological polar surface area (TPSA) is 45.3 Å². The summed E-state index contributed by atoms with van der Waals surface area (Å²) in [4.78, 5) is 0. The molecular weight excluding hydrogens is 445 g/mol. The van der Waals surface area contributed by atoms with Crippen molar-refractivity contribution in [3.63, 3.8) is 0 Å². The van der Waals surface area contributed by atoms with E-state index in [9.17, 15) is 4.39 Å². The van der Waals surface area contributed by atoms with E-state index in [1.54, 1.807) is 0 Å². The minimum atomic E-state index is -0.367. The molecular formula is C28H42FN3OS. The molecule has 0 aromatic carbocycles. The van der Waals surface area contributed by atoms with Crippen molar-refractivity contribution in [1.29, 1.82) is 0 Å². The van der Waals surface area contributed by atoms with Gasteiger partial charge in [0.1, 0.15) is 5.83 Å². The van der Waals surface area contributed by atoms with Gasteiger partial charge in [-0.1, -0.05) is 61.8 Å². The van der Waals surface area contributed by atoms with Gasteiger partial charge in [0.2, 0.25) is 0 Å². The van der Waals surface area contributed by atoms with E-state index >= 15 is 0 Å². The second-order valence-corrected chi connectivity index (χ2v) is 11.2. The Hall–Kier alpha value is -1.34. The predicted octanol–water partition coefficient (Wildman–Crippen LogP) is 5.93. The highest BCUT2D eigenvalue weighted by Gasteiger charge is 2.21. The minimum Gasteiger partial charge on any atom is -0.345 e. The zero-order valence-corrected chi connectivity index (χ0v) is 21.2. The molecule has 1 saturated carbocycles. The Kier molecular flexibility index (Phi) is 10.8. The minimum absolute atomic E-state index is 0.162. The fraction of sp³-hybridized carbons (Fsp3) is 0.643. The first kappa shape index (κ1) is 25.7. The van der Waals surface area contributed by atoms with E-state index in [0.717, 1.165) is 30.6 Å². The first-order valence-corrected chi connectivity index (χ1v) is 14.3. The van der Waals surface area contributed by atoms with Gasteiger partial charge < -0.3 is 15.4 Å². The predicted molar refractivity (Wildman–Crippen MR) is 142 cm³/mol. The molecule has 0 aromatic rings. The summed E-state index contributed by atoms with van der Waals surface area (Å²) in [7, 11) is 0. The molecule has 3 aliphatic carbocycles. The van der Waals surface area contributed by atoms with Crippen molar-refractivity contribution in [2.45, 2.75) is 69.5 Å². The van der Waals surface area contributed by atoms with E-state index < -0.39 is 0 Å². The molecule has 4 aliphatic rings. The van der Waals surface area contributed by atoms with E-state index in [4.69, 9.17) is 4.74 Å². The lowest BCUT2D eigenvalue weighted by Gasteiger charge is -2.28. The summed E-state index contributed by atoms with van der Waals surface area (Å²) in [5.41, 5.74) is 0.536. The maximum atomic E-state index is 14.6. The number of allylic oxidation sites excluding steroid dienone is 6. The quantitative estimate of drug-likeness (QED) is 0.249. The number of hydrogen-bond acceptors (Lipinski definition) is 5. The number of nitrogens with one attached hydrogen (secondary N) is 3. The van der Waals surface area contributed by atoms with Gasteiger partial charge in [-0.2, -0.15) is 0 Å². The molecule has 4 atom stereocenters. The molecule has 0 radical (unpaired) electrons. The first-order valence-electron chi connectivity index (χ1n) is 13.3. The average molecular weight is 488 g/mol. The van der Waals surface area contributed by atoms with E-state index in [2.05, 4.69) is 58.5 Å². The van der Waals surface area contributed by atoms with Crippen molar-refractivity contribution in [3.8, 4) is 0 Å². The second kappa shape index (κ2) is 14.3. The van der Waals surface area contributed by atoms with Crippen molar-refractivity contribution in [2.24, 2.45) is 17.8 Å². The number of ether oxygens (including phenoxy) is 1. The molecule has 3 N–H and O–H groups in total. The van der Waals surface area contributed by atoms with Crippen LogP contribution in [-0.2, 0) is 4.74 Å². The number of hydrogen-bond donors (Lipinski definition) is 3. The highest BCUT2D eigenvalue weighted by atomic mass is 32.2. The molecule has 6 heteroatoms. The lowest BCUT2D eigenvalue weighted by atomic mass is 9.89. The normalized spacial score (nSPS) is 29.0. The average Bonchev–Trinajstić information content (AvgIpc) is 2.90. The zero-order chi connectivity index (χ0) is 23.4. The molecule has 0 saturated heterocycles. The Bertz CT molecular complexity index is 772. The fourth-order valence-corrected chi connectivity index (χ4v) is 6.24. The van der Waals surface area contributed by atoms with Gasteiger partial charge in [0.25, 0.3) is 0 Å². The number of rotatable bonds is 11. The number of halogens is 1. The molecule has 0 bridgehead atoms. The Morgan fingerprint density at radius 3 is 2.79 bits per heavy atom. The fourth-order valence-electron chi connectivity index (χ4n) is 5.05. The van der Waals surface area contributed by atoms with Crippen LogP contribution in [0.5, 0.6) is 0 Å². The maximum absolute atomic E-state index is 14.6. The Labute approximate surface area is 209 Å². The molecule has 1 fully saturated rings. The summed E-state index contributed by atoms with van der Waals surface area (Å²) in [6.45, 7) is 1.86. The van der Waals surface area contributed by atoms with Crippen molar-refractivity contribution in [1.82, 2.24) is 16.0 Å². The molecule has 0 spiro atoms. The van der Waals surface area contributed by atoms with Crippen molar-refractivity contribution < 1.29 is 9.13 Å². The van der Waals surface area contributed by atoms with Crippen LogP contribution in [0.2, 0.25) is 0 Å². The molecule has 34 heavy (non-hydrogen) atoms. The first-order chi connectivity index (χ1) is 16.8. The molecule has 0 amide bonds. The molecule has 4 unspecified atom stereocenters. The molecule has 4 rings (SSSR count). The highest BCUT2D eigenvalue weighted by Crippen LogP contribution is 2.27. The van der Waals surface area contributed by atoms with Crippen LogP contribution in [0.25, 0.3) is 0 Å². The van der Waals surface area contributed by atoms with Gasteiger partial charge in [0.05, 0.1) is 24.2 Å². The van der Waals surface area contributed by atoms with Crippen molar-refractivity contribution >= 4 is 11.8 Å². The van der Waals surface area contributed by atoms with Gasteiger partial charge >= 0.3 is 0 Å². The summed E-state index contributed by atoms with van der Waals surface area (Å²) >= 11 is 1.97. The monoisotopic (exact) mass is 487 g/mol. The van der Waals surface area contributed by atoms with E-state index in [-0.39, 0.29) is 24.1 Å². The standard InChI is InChI=1S/C28H42FN3OS/c29-25-19-31-28(33-20-23-12-6-2-7-13-23)32-26(25)16-17-27(30-18-22-10-4-1-5-11-22)34-21-24-14-8-3-9-15-24/h2-3,6-8,12,16-17,22-24,27-28,30-32H,1,4-5,9-11,13-15,18-21H2/b17-16+. The Morgan fingerprint density at radius 2 is 2.00 bits per heavy atom. The summed E-state index contributed by atoms with van der Waals surface area (Å²) in [6, 6.07) is 0. The van der Waals surface area contributed by atoms with E-state index in [1.807, 2.05) is 17.8 Å². The lowest BCUT2D eigenvalue weighted by Crippen LogP contribution is -2.48. The van der Waals surface area contributed by atoms with Crippen molar-refractivity contribution in [3.05, 3.63) is 60.1 Å². The van der Waals surface area contributed by atoms with E-state index in [1.165, 1.54) is 51.4 Å². The molecule has 0 aromatic heterocycles. The Morgan fingerprint density at radius 1 is 1.09 bits per heavy atom. The van der Waals surface area contributed by atoms with Gasteiger partial charge in [0, 0.05) is 5.92 Å². The molecule has 1 heterocycles. The molecule has 4 nitrogen and oxygen atoms in total. The largest absolute Gasteiger partial charge is 0.345 e. The molecule has 188 valence electrons. The Balaban J connectivity index is 1.30. The lowest BCUT2D eigenvalue weighted by molar-refractivity contribution is -0.00267. The van der Waals surface area contributed by atoms with Gasteiger partial charge in [0.15, 0.2) is 6.35 Å². The van der Waals surface area contributed by atoms with Crippen LogP contribution in [-0.4, -0.2) is 37.2 Å². The van der Waals surface area contributed by atoms with Crippen LogP contribution in [0, 0.1) is 17.8 Å². The van der Waals surface area contributed by atoms with Crippen LogP contribution in [0.4, 0.5) is 4.39 Å². The van der Waals surface area contributed by atoms with E-state index in [0.29, 0.717) is 18.2 Å². The second-order valence-electron chi connectivity index (χ2n) is 10.0. The summed E-state index contributed by atoms with van der Waals surface area (Å²) < 4.78 is 20.6. The van der Waals surface area contributed by atoms with Crippen LogP contribution in [0.15, 0.2) is 60.1 Å². The van der Waals surface area contributed by atoms with Gasteiger partial charge in [-0.05, 0) is 68.7 Å². The highest BCUT2D eigenvalue weighted by molar-refractivity contribution is 8.00. The summed E-state index contributed by atoms with van der Waals surface area (Å²) in [5, 5.41) is 10.3. The SMILES string of the molecule is FC1=C(/C=C/C(NCC2CCCCC2)SCC2CC=CCC2)NC(OCC2C=CC=CC2)NC1. The van der Waals surface area contributed by atoms with Crippen LogP contribution in [0.1, 0.15) is 57.8 Å². The van der Waals surface area contributed by atoms with Crippen LogP contribution in [0.3, 0.4) is 0 Å². The van der Waals surface area contributed by atoms with Crippen molar-refractivity contribution in [2.75, 3.05) is 25.4 Å². The van der Waals surface area contributed by atoms with Crippen LogP contribution < -0.4 is 16.0 Å². The summed E-state index contributed by atoms with van der Waals surface area (Å²) in [6.07, 6.45) is 28.2. The van der Waals surface area contributed by atoms with Gasteiger partial charge in [-0.25, -0.2) is 4.39 Å². The maximum Gasteiger partial charge on any atom is 0.184 e. The van der Waals surface area contributed by atoms with Gasteiger partial charge in [-0.3, -0.25) is 5.32 Å². The summed E-state index contributed by atoms with van der Waals surface area (Å²) in [5.74, 6) is 2.88. The third-order valence-electron chi connectivity index (χ3n) is 7.23. The number of thioether (sulfide) groups is 1.